The number of fused-ring (bicyclic) bond motifs is 1. The van der Waals surface area contributed by atoms with Gasteiger partial charge in [-0.3, -0.25) is 4.99 Å². The first-order chi connectivity index (χ1) is 14.5. The molecule has 152 valence electrons. The van der Waals surface area contributed by atoms with Crippen LogP contribution in [-0.2, 0) is 0 Å². The second-order valence-electron chi connectivity index (χ2n) is 6.66. The molecule has 0 aliphatic heterocycles. The summed E-state index contributed by atoms with van der Waals surface area (Å²) in [5, 5.41) is 10.5. The Hall–Kier alpha value is -2.64. The lowest BCUT2D eigenvalue weighted by atomic mass is 10.2. The van der Waals surface area contributed by atoms with Gasteiger partial charge in [0.15, 0.2) is 17.1 Å². The number of phenolic OH excluding ortho intramolecular Hbond substituents is 1. The number of aromatic nitrogens is 1. The normalized spacial score (nSPS) is 11.5. The second-order valence-corrected chi connectivity index (χ2v) is 8.31. The quantitative estimate of drug-likeness (QED) is 0.278. The third-order valence-corrected chi connectivity index (χ3v) is 6.48. The summed E-state index contributed by atoms with van der Waals surface area (Å²) in [6, 6.07) is 15.2. The predicted octanol–water partition coefficient (Wildman–Crippen LogP) is 7.18. The second kappa shape index (κ2) is 8.62. The monoisotopic (exact) mass is 528 g/mol. The summed E-state index contributed by atoms with van der Waals surface area (Å²) in [6.45, 7) is 4.33. The molecule has 0 unspecified atom stereocenters. The third-order valence-electron chi connectivity index (χ3n) is 4.47. The van der Waals surface area contributed by atoms with Gasteiger partial charge in [-0.15, -0.1) is 0 Å². The average molecular weight is 530 g/mol. The predicted molar refractivity (Wildman–Crippen MR) is 126 cm³/mol. The highest BCUT2D eigenvalue weighted by atomic mass is 79.9. The zero-order valence-corrected chi connectivity index (χ0v) is 19.5. The molecular formula is C23H18Br2N2O3. The van der Waals surface area contributed by atoms with E-state index < -0.39 is 0 Å². The van der Waals surface area contributed by atoms with Crippen LogP contribution >= 0.6 is 31.9 Å². The number of benzene rings is 3. The van der Waals surface area contributed by atoms with E-state index in [0.717, 1.165) is 26.7 Å². The van der Waals surface area contributed by atoms with Gasteiger partial charge >= 0.3 is 0 Å². The minimum atomic E-state index is 0.0288. The Labute approximate surface area is 190 Å². The van der Waals surface area contributed by atoms with Crippen molar-refractivity contribution in [3.63, 3.8) is 0 Å². The SMILES string of the molecule is CCOc1cc(Br)c(Br)c(C=Nc2cccc(-c3nc4ccc(C)cc4o3)c2)c1O. The maximum atomic E-state index is 10.5. The Morgan fingerprint density at radius 3 is 2.80 bits per heavy atom. The topological polar surface area (TPSA) is 67.9 Å². The number of rotatable bonds is 5. The first-order valence-corrected chi connectivity index (χ1v) is 10.9. The molecule has 0 aliphatic carbocycles. The van der Waals surface area contributed by atoms with Gasteiger partial charge in [0.05, 0.1) is 17.9 Å². The Morgan fingerprint density at radius 1 is 1.17 bits per heavy atom. The van der Waals surface area contributed by atoms with Crippen LogP contribution in [0.1, 0.15) is 18.1 Å². The summed E-state index contributed by atoms with van der Waals surface area (Å²) in [5.41, 5.74) is 4.74. The fourth-order valence-electron chi connectivity index (χ4n) is 3.01. The lowest BCUT2D eigenvalue weighted by molar-refractivity contribution is 0.317. The van der Waals surface area contributed by atoms with E-state index in [4.69, 9.17) is 9.15 Å². The summed E-state index contributed by atoms with van der Waals surface area (Å²) in [4.78, 5) is 9.10. The zero-order chi connectivity index (χ0) is 21.3. The largest absolute Gasteiger partial charge is 0.504 e. The number of nitrogens with zero attached hydrogens (tertiary/aromatic N) is 2. The number of aliphatic imine (C=N–C) groups is 1. The summed E-state index contributed by atoms with van der Waals surface area (Å²) in [5.74, 6) is 0.962. The number of oxazole rings is 1. The molecule has 7 heteroatoms. The van der Waals surface area contributed by atoms with E-state index >= 15 is 0 Å². The molecule has 0 amide bonds. The summed E-state index contributed by atoms with van der Waals surface area (Å²) >= 11 is 6.96. The van der Waals surface area contributed by atoms with Gasteiger partial charge in [-0.1, -0.05) is 12.1 Å². The van der Waals surface area contributed by atoms with E-state index in [0.29, 0.717) is 34.0 Å². The number of hydrogen-bond acceptors (Lipinski definition) is 5. The standard InChI is InChI=1S/C23H18Br2N2O3/c1-3-29-20-11-17(24)21(25)16(22(20)28)12-26-15-6-4-5-14(10-15)23-27-18-8-7-13(2)9-19(18)30-23/h4-12,28H,3H2,1-2H3. The van der Waals surface area contributed by atoms with Crippen molar-refractivity contribution in [1.29, 1.82) is 0 Å². The third kappa shape index (κ3) is 4.13. The molecule has 4 rings (SSSR count). The molecule has 0 saturated carbocycles. The molecule has 1 N–H and O–H groups in total. The fourth-order valence-corrected chi connectivity index (χ4v) is 3.84. The Kier molecular flexibility index (Phi) is 5.92. The molecule has 0 spiro atoms. The number of hydrogen-bond donors (Lipinski definition) is 1. The van der Waals surface area contributed by atoms with Crippen molar-refractivity contribution in [2.24, 2.45) is 4.99 Å². The van der Waals surface area contributed by atoms with Crippen LogP contribution in [0.4, 0.5) is 5.69 Å². The van der Waals surface area contributed by atoms with Gasteiger partial charge in [-0.25, -0.2) is 4.98 Å². The van der Waals surface area contributed by atoms with Crippen molar-refractivity contribution >= 4 is 54.9 Å². The summed E-state index contributed by atoms with van der Waals surface area (Å²) < 4.78 is 12.9. The molecule has 0 atom stereocenters. The van der Waals surface area contributed by atoms with E-state index in [1.807, 2.05) is 56.3 Å². The molecule has 1 heterocycles. The fraction of sp³-hybridized carbons (Fsp3) is 0.130. The highest BCUT2D eigenvalue weighted by molar-refractivity contribution is 9.13. The van der Waals surface area contributed by atoms with Gasteiger partial charge in [0, 0.05) is 20.7 Å². The number of phenols is 1. The number of halogens is 2. The lowest BCUT2D eigenvalue weighted by Crippen LogP contribution is -1.95. The van der Waals surface area contributed by atoms with Crippen LogP contribution < -0.4 is 4.74 Å². The van der Waals surface area contributed by atoms with E-state index in [9.17, 15) is 5.11 Å². The first kappa shape index (κ1) is 20.6. The highest BCUT2D eigenvalue weighted by Gasteiger charge is 2.15. The van der Waals surface area contributed by atoms with Crippen LogP contribution in [0.15, 0.2) is 66.9 Å². The van der Waals surface area contributed by atoms with Crippen LogP contribution in [0.3, 0.4) is 0 Å². The highest BCUT2D eigenvalue weighted by Crippen LogP contribution is 2.40. The van der Waals surface area contributed by atoms with Crippen LogP contribution in [0.25, 0.3) is 22.6 Å². The zero-order valence-electron chi connectivity index (χ0n) is 16.3. The van der Waals surface area contributed by atoms with Crippen molar-refractivity contribution in [2.75, 3.05) is 6.61 Å². The molecule has 0 aliphatic rings. The molecule has 0 radical (unpaired) electrons. The van der Waals surface area contributed by atoms with Gasteiger partial charge in [0.1, 0.15) is 5.52 Å². The number of aryl methyl sites for hydroxylation is 1. The van der Waals surface area contributed by atoms with Gasteiger partial charge in [-0.2, -0.15) is 0 Å². The van der Waals surface area contributed by atoms with Crippen LogP contribution in [0, 0.1) is 6.92 Å². The maximum absolute atomic E-state index is 10.5. The maximum Gasteiger partial charge on any atom is 0.227 e. The van der Waals surface area contributed by atoms with Gasteiger partial charge in [-0.05, 0) is 87.7 Å². The molecule has 30 heavy (non-hydrogen) atoms. The molecular weight excluding hydrogens is 512 g/mol. The van der Waals surface area contributed by atoms with Crippen molar-refractivity contribution in [3.8, 4) is 23.0 Å². The van der Waals surface area contributed by atoms with E-state index in [1.165, 1.54) is 0 Å². The first-order valence-electron chi connectivity index (χ1n) is 9.31. The summed E-state index contributed by atoms with van der Waals surface area (Å²) in [6.07, 6.45) is 1.60. The lowest BCUT2D eigenvalue weighted by Gasteiger charge is -2.11. The molecule has 3 aromatic carbocycles. The molecule has 0 saturated heterocycles. The minimum absolute atomic E-state index is 0.0288. The van der Waals surface area contributed by atoms with Crippen molar-refractivity contribution in [1.82, 2.24) is 4.98 Å². The van der Waals surface area contributed by atoms with Crippen molar-refractivity contribution in [2.45, 2.75) is 13.8 Å². The Bertz CT molecular complexity index is 1270. The van der Waals surface area contributed by atoms with Crippen LogP contribution in [0.2, 0.25) is 0 Å². The van der Waals surface area contributed by atoms with Crippen molar-refractivity contribution < 1.29 is 14.3 Å². The molecule has 0 fully saturated rings. The van der Waals surface area contributed by atoms with Crippen LogP contribution in [0.5, 0.6) is 11.5 Å². The number of aromatic hydroxyl groups is 1. The molecule has 5 nitrogen and oxygen atoms in total. The molecule has 0 bridgehead atoms. The van der Waals surface area contributed by atoms with E-state index in [-0.39, 0.29) is 5.75 Å². The molecule has 4 aromatic rings. The Balaban J connectivity index is 1.69. The Morgan fingerprint density at radius 2 is 2.00 bits per heavy atom. The molecule has 1 aromatic heterocycles. The van der Waals surface area contributed by atoms with Crippen molar-refractivity contribution in [3.05, 3.63) is 68.6 Å². The number of ether oxygens (including phenoxy) is 1. The van der Waals surface area contributed by atoms with Crippen LogP contribution in [-0.4, -0.2) is 22.9 Å². The van der Waals surface area contributed by atoms with Gasteiger partial charge < -0.3 is 14.3 Å². The van der Waals surface area contributed by atoms with E-state index in [2.05, 4.69) is 41.8 Å². The smallest absolute Gasteiger partial charge is 0.227 e. The minimum Gasteiger partial charge on any atom is -0.504 e. The van der Waals surface area contributed by atoms with Gasteiger partial charge in [0.2, 0.25) is 5.89 Å². The summed E-state index contributed by atoms with van der Waals surface area (Å²) in [7, 11) is 0. The van der Waals surface area contributed by atoms with Gasteiger partial charge in [0.25, 0.3) is 0 Å². The average Bonchev–Trinajstić information content (AvgIpc) is 3.15. The van der Waals surface area contributed by atoms with E-state index in [1.54, 1.807) is 12.3 Å².